The molecule has 2 amide bonds. The summed E-state index contributed by atoms with van der Waals surface area (Å²) in [4.78, 5) is 14.9. The molecule has 2 fully saturated rings. The zero-order chi connectivity index (χ0) is 16.9. The quantitative estimate of drug-likeness (QED) is 0.814. The fourth-order valence-electron chi connectivity index (χ4n) is 4.10. The number of carbonyl (C=O) groups excluding carboxylic acids is 1. The first kappa shape index (κ1) is 16.8. The van der Waals surface area contributed by atoms with Crippen LogP contribution in [0.5, 0.6) is 5.75 Å². The van der Waals surface area contributed by atoms with Crippen molar-refractivity contribution in [2.24, 2.45) is 0 Å². The van der Waals surface area contributed by atoms with Crippen molar-refractivity contribution in [1.82, 2.24) is 10.2 Å². The van der Waals surface area contributed by atoms with Gasteiger partial charge in [0.1, 0.15) is 5.75 Å². The number of ether oxygens (including phenoxy) is 1. The second-order valence-corrected chi connectivity index (χ2v) is 6.72. The number of urea groups is 1. The van der Waals surface area contributed by atoms with Crippen LogP contribution < -0.4 is 15.4 Å². The smallest absolute Gasteiger partial charge is 0.319 e. The highest BCUT2D eigenvalue weighted by Gasteiger charge is 2.37. The molecular weight excluding hydrogens is 302 g/mol. The molecule has 3 rings (SSSR count). The minimum Gasteiger partial charge on any atom is -0.497 e. The average Bonchev–Trinajstić information content (AvgIpc) is 2.56. The Kier molecular flexibility index (Phi) is 5.41. The van der Waals surface area contributed by atoms with Crippen LogP contribution in [0.1, 0.15) is 32.1 Å². The van der Waals surface area contributed by atoms with E-state index in [2.05, 4.69) is 22.1 Å². The molecule has 0 aromatic heterocycles. The highest BCUT2D eigenvalue weighted by molar-refractivity contribution is 5.89. The van der Waals surface area contributed by atoms with Crippen molar-refractivity contribution in [2.75, 3.05) is 19.0 Å². The predicted octanol–water partition coefficient (Wildman–Crippen LogP) is 3.39. The van der Waals surface area contributed by atoms with Gasteiger partial charge in [-0.3, -0.25) is 4.90 Å². The van der Waals surface area contributed by atoms with Gasteiger partial charge in [-0.05, 0) is 37.8 Å². The Balaban J connectivity index is 1.56. The number of piperidine rings is 2. The van der Waals surface area contributed by atoms with Gasteiger partial charge in [0.25, 0.3) is 0 Å². The van der Waals surface area contributed by atoms with Crippen molar-refractivity contribution in [2.45, 2.75) is 50.2 Å². The molecule has 2 aliphatic rings. The molecule has 2 N–H and O–H groups in total. The van der Waals surface area contributed by atoms with Crippen molar-refractivity contribution >= 4 is 11.7 Å². The SMILES string of the molecule is C=CCN1C2CCCC1CC(NC(=O)Nc1cccc(OC)c1)C2. The highest BCUT2D eigenvalue weighted by atomic mass is 16.5. The number of hydrogen-bond donors (Lipinski definition) is 2. The topological polar surface area (TPSA) is 53.6 Å². The fourth-order valence-corrected chi connectivity index (χ4v) is 4.10. The molecule has 24 heavy (non-hydrogen) atoms. The van der Waals surface area contributed by atoms with Crippen LogP contribution >= 0.6 is 0 Å². The third-order valence-electron chi connectivity index (χ3n) is 5.13. The molecule has 2 heterocycles. The summed E-state index contributed by atoms with van der Waals surface area (Å²) in [5.41, 5.74) is 0.746. The van der Waals surface area contributed by atoms with Crippen molar-refractivity contribution in [1.29, 1.82) is 0 Å². The van der Waals surface area contributed by atoms with Gasteiger partial charge in [-0.2, -0.15) is 0 Å². The number of anilines is 1. The lowest BCUT2D eigenvalue weighted by Gasteiger charge is -2.48. The van der Waals surface area contributed by atoms with Crippen molar-refractivity contribution in [3.63, 3.8) is 0 Å². The van der Waals surface area contributed by atoms with Gasteiger partial charge in [-0.15, -0.1) is 6.58 Å². The van der Waals surface area contributed by atoms with Gasteiger partial charge < -0.3 is 15.4 Å². The number of hydrogen-bond acceptors (Lipinski definition) is 3. The summed E-state index contributed by atoms with van der Waals surface area (Å²) in [6.45, 7) is 4.84. The van der Waals surface area contributed by atoms with Crippen LogP contribution in [0.4, 0.5) is 10.5 Å². The maximum Gasteiger partial charge on any atom is 0.319 e. The Morgan fingerprint density at radius 1 is 1.38 bits per heavy atom. The summed E-state index contributed by atoms with van der Waals surface area (Å²) in [5, 5.41) is 6.06. The van der Waals surface area contributed by atoms with Crippen molar-refractivity contribution < 1.29 is 9.53 Å². The molecule has 130 valence electrons. The lowest BCUT2D eigenvalue weighted by Crippen LogP contribution is -2.57. The van der Waals surface area contributed by atoms with E-state index in [0.717, 1.165) is 30.8 Å². The third kappa shape index (κ3) is 3.90. The molecular formula is C19H27N3O2. The fraction of sp³-hybridized carbons (Fsp3) is 0.526. The van der Waals surface area contributed by atoms with Gasteiger partial charge in [0.2, 0.25) is 0 Å². The first-order valence-corrected chi connectivity index (χ1v) is 8.78. The van der Waals surface area contributed by atoms with E-state index >= 15 is 0 Å². The molecule has 0 aliphatic carbocycles. The Labute approximate surface area is 144 Å². The third-order valence-corrected chi connectivity index (χ3v) is 5.13. The minimum atomic E-state index is -0.136. The molecule has 2 aliphatic heterocycles. The molecule has 1 aromatic rings. The van der Waals surface area contributed by atoms with Gasteiger partial charge >= 0.3 is 6.03 Å². The van der Waals surface area contributed by atoms with Crippen LogP contribution in [0.3, 0.4) is 0 Å². The number of nitrogens with zero attached hydrogens (tertiary/aromatic N) is 1. The van der Waals surface area contributed by atoms with E-state index in [0.29, 0.717) is 12.1 Å². The average molecular weight is 329 g/mol. The molecule has 2 saturated heterocycles. The number of benzene rings is 1. The molecule has 2 unspecified atom stereocenters. The normalized spacial score (nSPS) is 26.5. The summed E-state index contributed by atoms with van der Waals surface area (Å²) in [7, 11) is 1.62. The van der Waals surface area contributed by atoms with Gasteiger partial charge in [-0.25, -0.2) is 4.79 Å². The summed E-state index contributed by atoms with van der Waals surface area (Å²) in [6, 6.07) is 8.65. The monoisotopic (exact) mass is 329 g/mol. The van der Waals surface area contributed by atoms with E-state index < -0.39 is 0 Å². The number of amides is 2. The number of methoxy groups -OCH3 is 1. The summed E-state index contributed by atoms with van der Waals surface area (Å²) < 4.78 is 5.19. The molecule has 5 nitrogen and oxygen atoms in total. The van der Waals surface area contributed by atoms with E-state index in [1.807, 2.05) is 30.3 Å². The molecule has 2 atom stereocenters. The number of fused-ring (bicyclic) bond motifs is 2. The molecule has 2 bridgehead atoms. The van der Waals surface area contributed by atoms with Crippen LogP contribution in [0, 0.1) is 0 Å². The van der Waals surface area contributed by atoms with Crippen molar-refractivity contribution in [3.8, 4) is 5.75 Å². The van der Waals surface area contributed by atoms with E-state index in [1.165, 1.54) is 19.3 Å². The van der Waals surface area contributed by atoms with Crippen molar-refractivity contribution in [3.05, 3.63) is 36.9 Å². The maximum atomic E-state index is 12.3. The highest BCUT2D eigenvalue weighted by Crippen LogP contribution is 2.33. The summed E-state index contributed by atoms with van der Waals surface area (Å²) in [6.07, 6.45) is 7.78. The Morgan fingerprint density at radius 3 is 2.79 bits per heavy atom. The second kappa shape index (κ2) is 7.71. The molecule has 0 saturated carbocycles. The van der Waals surface area contributed by atoms with E-state index in [9.17, 15) is 4.79 Å². The number of nitrogens with one attached hydrogen (secondary N) is 2. The summed E-state index contributed by atoms with van der Waals surface area (Å²) in [5.74, 6) is 0.736. The van der Waals surface area contributed by atoms with Gasteiger partial charge in [-0.1, -0.05) is 18.6 Å². The van der Waals surface area contributed by atoms with Gasteiger partial charge in [0.15, 0.2) is 0 Å². The lowest BCUT2D eigenvalue weighted by molar-refractivity contribution is 0.0375. The number of rotatable bonds is 5. The summed E-state index contributed by atoms with van der Waals surface area (Å²) >= 11 is 0. The molecule has 0 spiro atoms. The van der Waals surface area contributed by atoms with Gasteiger partial charge in [0.05, 0.1) is 7.11 Å². The zero-order valence-corrected chi connectivity index (χ0v) is 14.3. The molecule has 1 aromatic carbocycles. The Bertz CT molecular complexity index is 576. The van der Waals surface area contributed by atoms with Crippen LogP contribution in [0.15, 0.2) is 36.9 Å². The van der Waals surface area contributed by atoms with E-state index in [-0.39, 0.29) is 12.1 Å². The Morgan fingerprint density at radius 2 is 2.12 bits per heavy atom. The lowest BCUT2D eigenvalue weighted by atomic mass is 9.82. The van der Waals surface area contributed by atoms with Crippen LogP contribution in [0.25, 0.3) is 0 Å². The maximum absolute atomic E-state index is 12.3. The molecule has 0 radical (unpaired) electrons. The minimum absolute atomic E-state index is 0.136. The first-order chi connectivity index (χ1) is 11.7. The molecule has 5 heteroatoms. The van der Waals surface area contributed by atoms with Gasteiger partial charge in [0, 0.05) is 36.4 Å². The zero-order valence-electron chi connectivity index (χ0n) is 14.3. The van der Waals surface area contributed by atoms with Crippen LogP contribution in [-0.2, 0) is 0 Å². The van der Waals surface area contributed by atoms with E-state index in [4.69, 9.17) is 4.74 Å². The standard InChI is InChI=1S/C19H27N3O2/c1-3-10-22-16-7-5-8-17(22)12-15(11-16)21-19(23)20-14-6-4-9-18(13-14)24-2/h3-4,6,9,13,15-17H,1,5,7-8,10-12H2,2H3,(H2,20,21,23). The predicted molar refractivity (Wildman–Crippen MR) is 96.5 cm³/mol. The largest absolute Gasteiger partial charge is 0.497 e. The van der Waals surface area contributed by atoms with Crippen LogP contribution in [0.2, 0.25) is 0 Å². The van der Waals surface area contributed by atoms with Crippen LogP contribution in [-0.4, -0.2) is 42.7 Å². The number of carbonyl (C=O) groups is 1. The first-order valence-electron chi connectivity index (χ1n) is 8.78. The second-order valence-electron chi connectivity index (χ2n) is 6.72. The van der Waals surface area contributed by atoms with E-state index in [1.54, 1.807) is 7.11 Å². The Hall–Kier alpha value is -2.01.